The third-order valence-electron chi connectivity index (χ3n) is 3.83. The van der Waals surface area contributed by atoms with Crippen LogP contribution in [0, 0.1) is 17.0 Å². The molecule has 0 amide bonds. The van der Waals surface area contributed by atoms with Gasteiger partial charge in [0.2, 0.25) is 5.82 Å². The first kappa shape index (κ1) is 14.8. The number of aromatic nitrogens is 5. The van der Waals surface area contributed by atoms with Gasteiger partial charge in [-0.2, -0.15) is 5.10 Å². The van der Waals surface area contributed by atoms with Gasteiger partial charge in [0.05, 0.1) is 16.6 Å². The van der Waals surface area contributed by atoms with E-state index in [9.17, 15) is 10.1 Å². The maximum atomic E-state index is 11.3. The maximum Gasteiger partial charge on any atom is 0.311 e. The zero-order chi connectivity index (χ0) is 17.4. The molecule has 0 aliphatic carbocycles. The third-order valence-corrected chi connectivity index (χ3v) is 3.83. The lowest BCUT2D eigenvalue weighted by Gasteiger charge is -2.10. The molecular formula is C16H13N7O2. The molecule has 2 N–H and O–H groups in total. The van der Waals surface area contributed by atoms with Crippen molar-refractivity contribution in [2.75, 3.05) is 5.32 Å². The summed E-state index contributed by atoms with van der Waals surface area (Å²) in [5, 5.41) is 22.1. The molecule has 1 aromatic carbocycles. The average molecular weight is 335 g/mol. The highest BCUT2D eigenvalue weighted by atomic mass is 16.6. The zero-order valence-corrected chi connectivity index (χ0v) is 13.2. The summed E-state index contributed by atoms with van der Waals surface area (Å²) in [6.45, 7) is 1.88. The lowest BCUT2D eigenvalue weighted by Crippen LogP contribution is -2.04. The molecule has 0 aliphatic heterocycles. The number of hydrogen-bond donors (Lipinski definition) is 2. The summed E-state index contributed by atoms with van der Waals surface area (Å²) in [4.78, 5) is 19.3. The van der Waals surface area contributed by atoms with E-state index in [4.69, 9.17) is 0 Å². The molecule has 0 radical (unpaired) electrons. The van der Waals surface area contributed by atoms with E-state index in [1.165, 1.54) is 6.07 Å². The number of aryl methyl sites for hydroxylation is 1. The topological polar surface area (TPSA) is 115 Å². The summed E-state index contributed by atoms with van der Waals surface area (Å²) in [6, 6.07) is 8.53. The van der Waals surface area contributed by atoms with E-state index in [1.807, 2.05) is 19.1 Å². The molecule has 0 bridgehead atoms. The number of rotatable bonds is 4. The zero-order valence-electron chi connectivity index (χ0n) is 13.2. The van der Waals surface area contributed by atoms with Gasteiger partial charge in [0.15, 0.2) is 0 Å². The largest absolute Gasteiger partial charge is 0.334 e. The van der Waals surface area contributed by atoms with Crippen LogP contribution in [0.25, 0.3) is 16.7 Å². The fourth-order valence-electron chi connectivity index (χ4n) is 2.57. The van der Waals surface area contributed by atoms with Crippen molar-refractivity contribution in [3.63, 3.8) is 0 Å². The summed E-state index contributed by atoms with van der Waals surface area (Å²) in [6.07, 6.45) is 5.00. The van der Waals surface area contributed by atoms with E-state index in [-0.39, 0.29) is 11.5 Å². The highest BCUT2D eigenvalue weighted by molar-refractivity contribution is 5.83. The highest BCUT2D eigenvalue weighted by Gasteiger charge is 2.17. The lowest BCUT2D eigenvalue weighted by molar-refractivity contribution is -0.384. The third kappa shape index (κ3) is 2.67. The first-order valence-electron chi connectivity index (χ1n) is 7.47. The smallest absolute Gasteiger partial charge is 0.311 e. The molecule has 0 saturated heterocycles. The van der Waals surface area contributed by atoms with Crippen molar-refractivity contribution in [1.29, 1.82) is 0 Å². The van der Waals surface area contributed by atoms with Crippen LogP contribution in [0.3, 0.4) is 0 Å². The van der Waals surface area contributed by atoms with Gasteiger partial charge < -0.3 is 5.32 Å². The minimum atomic E-state index is -0.462. The number of nitro groups is 1. The lowest BCUT2D eigenvalue weighted by atomic mass is 10.2. The number of hydrogen-bond acceptors (Lipinski definition) is 6. The van der Waals surface area contributed by atoms with Crippen LogP contribution < -0.4 is 5.32 Å². The van der Waals surface area contributed by atoms with E-state index in [0.717, 1.165) is 16.6 Å². The molecule has 9 heteroatoms. The van der Waals surface area contributed by atoms with Crippen LogP contribution >= 0.6 is 0 Å². The number of imidazole rings is 1. The van der Waals surface area contributed by atoms with Crippen molar-refractivity contribution < 1.29 is 4.92 Å². The number of pyridine rings is 1. The van der Waals surface area contributed by atoms with Gasteiger partial charge >= 0.3 is 5.69 Å². The first-order valence-corrected chi connectivity index (χ1v) is 7.47. The van der Waals surface area contributed by atoms with Gasteiger partial charge in [-0.1, -0.05) is 0 Å². The molecule has 9 nitrogen and oxygen atoms in total. The summed E-state index contributed by atoms with van der Waals surface area (Å²) in [5.74, 6) is 0.714. The van der Waals surface area contributed by atoms with Crippen molar-refractivity contribution in [1.82, 2.24) is 24.7 Å². The second-order valence-electron chi connectivity index (χ2n) is 5.50. The Balaban J connectivity index is 1.77. The molecule has 0 fully saturated rings. The molecule has 124 valence electrons. The molecule has 0 spiro atoms. The molecule has 0 saturated carbocycles. The summed E-state index contributed by atoms with van der Waals surface area (Å²) < 4.78 is 1.76. The maximum absolute atomic E-state index is 11.3. The van der Waals surface area contributed by atoms with Gasteiger partial charge in [-0.05, 0) is 31.2 Å². The number of anilines is 2. The molecule has 3 heterocycles. The molecule has 0 unspecified atom stereocenters. The van der Waals surface area contributed by atoms with Gasteiger partial charge in [-0.3, -0.25) is 19.8 Å². The second kappa shape index (κ2) is 5.71. The van der Waals surface area contributed by atoms with Gasteiger partial charge in [-0.15, -0.1) is 0 Å². The van der Waals surface area contributed by atoms with E-state index < -0.39 is 4.92 Å². The average Bonchev–Trinajstić information content (AvgIpc) is 3.22. The number of nitrogens with one attached hydrogen (secondary N) is 2. The van der Waals surface area contributed by atoms with E-state index in [2.05, 4.69) is 25.5 Å². The number of fused-ring (bicyclic) bond motifs is 1. The molecule has 4 rings (SSSR count). The number of aromatic amines is 1. The highest BCUT2D eigenvalue weighted by Crippen LogP contribution is 2.28. The Bertz CT molecular complexity index is 1080. The van der Waals surface area contributed by atoms with Crippen LogP contribution in [0.5, 0.6) is 0 Å². The van der Waals surface area contributed by atoms with Crippen molar-refractivity contribution in [2.24, 2.45) is 0 Å². The second-order valence-corrected chi connectivity index (χ2v) is 5.50. The molecule has 3 aromatic heterocycles. The molecule has 25 heavy (non-hydrogen) atoms. The quantitative estimate of drug-likeness (QED) is 0.437. The van der Waals surface area contributed by atoms with Crippen molar-refractivity contribution in [2.45, 2.75) is 6.92 Å². The van der Waals surface area contributed by atoms with Crippen LogP contribution in [0.4, 0.5) is 17.2 Å². The van der Waals surface area contributed by atoms with Gasteiger partial charge in [0, 0.05) is 29.0 Å². The van der Waals surface area contributed by atoms with Gasteiger partial charge in [0.25, 0.3) is 0 Å². The van der Waals surface area contributed by atoms with Crippen LogP contribution in [-0.2, 0) is 0 Å². The molecule has 0 aliphatic rings. The number of H-pyrrole nitrogens is 1. The Morgan fingerprint density at radius 3 is 2.88 bits per heavy atom. The standard InChI is InChI=1S/C16H13N7O2/c1-10-7-17-9-22(10)15-5-4-14(23(24)25)16(20-15)19-12-2-3-13-11(6-12)8-18-21-13/h2-9H,1H3,(H,18,21)(H,19,20). The first-order chi connectivity index (χ1) is 12.1. The SMILES string of the molecule is Cc1cncn1-c1ccc([N+](=O)[O-])c(Nc2ccc3[nH]ncc3c2)n1. The fraction of sp³-hybridized carbons (Fsp3) is 0.0625. The minimum absolute atomic E-state index is 0.103. The van der Waals surface area contributed by atoms with Crippen LogP contribution in [0.2, 0.25) is 0 Å². The van der Waals surface area contributed by atoms with Gasteiger partial charge in [0.1, 0.15) is 12.1 Å². The Hall–Kier alpha value is -3.75. The Labute approximate surface area is 141 Å². The minimum Gasteiger partial charge on any atom is -0.334 e. The van der Waals surface area contributed by atoms with E-state index >= 15 is 0 Å². The normalized spacial score (nSPS) is 10.9. The predicted octanol–water partition coefficient (Wildman–Crippen LogP) is 3.10. The Morgan fingerprint density at radius 2 is 2.12 bits per heavy atom. The van der Waals surface area contributed by atoms with Crippen molar-refractivity contribution >= 4 is 28.1 Å². The summed E-state index contributed by atoms with van der Waals surface area (Å²) >= 11 is 0. The van der Waals surface area contributed by atoms with E-state index in [1.54, 1.807) is 35.4 Å². The van der Waals surface area contributed by atoms with Crippen LogP contribution in [0.1, 0.15) is 5.69 Å². The fourth-order valence-corrected chi connectivity index (χ4v) is 2.57. The summed E-state index contributed by atoms with van der Waals surface area (Å²) in [5.41, 5.74) is 2.35. The number of nitrogens with zero attached hydrogens (tertiary/aromatic N) is 5. The Morgan fingerprint density at radius 1 is 1.24 bits per heavy atom. The van der Waals surface area contributed by atoms with E-state index in [0.29, 0.717) is 11.5 Å². The monoisotopic (exact) mass is 335 g/mol. The van der Waals surface area contributed by atoms with Crippen LogP contribution in [0.15, 0.2) is 49.1 Å². The number of benzene rings is 1. The Kier molecular flexibility index (Phi) is 3.38. The van der Waals surface area contributed by atoms with Crippen molar-refractivity contribution in [3.05, 3.63) is 64.9 Å². The van der Waals surface area contributed by atoms with Gasteiger partial charge in [-0.25, -0.2) is 9.97 Å². The summed E-state index contributed by atoms with van der Waals surface area (Å²) in [7, 11) is 0. The van der Waals surface area contributed by atoms with Crippen LogP contribution in [-0.4, -0.2) is 29.7 Å². The molecule has 4 aromatic rings. The molecule has 0 atom stereocenters. The van der Waals surface area contributed by atoms with Crippen molar-refractivity contribution in [3.8, 4) is 5.82 Å². The molecular weight excluding hydrogens is 322 g/mol. The predicted molar refractivity (Wildman–Crippen MR) is 92.1 cm³/mol.